The lowest BCUT2D eigenvalue weighted by Gasteiger charge is -2.08. The number of rotatable bonds is 6. The molecule has 0 spiro atoms. The summed E-state index contributed by atoms with van der Waals surface area (Å²) in [5.74, 6) is 0.985. The predicted molar refractivity (Wildman–Crippen MR) is 115 cm³/mol. The maximum Gasteiger partial charge on any atom is 0.283 e. The molecule has 2 aromatic carbocycles. The van der Waals surface area contributed by atoms with Crippen molar-refractivity contribution in [3.8, 4) is 11.5 Å². The minimum Gasteiger partial charge on any atom is -0.454 e. The van der Waals surface area contributed by atoms with Gasteiger partial charge in [-0.3, -0.25) is 14.2 Å². The van der Waals surface area contributed by atoms with Gasteiger partial charge in [-0.2, -0.15) is 0 Å². The molecule has 1 aliphatic heterocycles. The van der Waals surface area contributed by atoms with Crippen LogP contribution in [0.5, 0.6) is 11.5 Å². The Kier molecular flexibility index (Phi) is 5.20. The largest absolute Gasteiger partial charge is 0.454 e. The lowest BCUT2D eigenvalue weighted by molar-refractivity contribution is -0.121. The molecule has 1 N–H and O–H groups in total. The van der Waals surface area contributed by atoms with Gasteiger partial charge in [0.15, 0.2) is 22.7 Å². The number of benzene rings is 2. The highest BCUT2D eigenvalue weighted by atomic mass is 35.5. The molecule has 32 heavy (non-hydrogen) atoms. The van der Waals surface area contributed by atoms with Crippen molar-refractivity contribution in [2.24, 2.45) is 0 Å². The summed E-state index contributed by atoms with van der Waals surface area (Å²) in [5, 5.41) is 11.4. The number of amides is 1. The van der Waals surface area contributed by atoms with Crippen molar-refractivity contribution in [1.82, 2.24) is 29.9 Å². The smallest absolute Gasteiger partial charge is 0.283 e. The van der Waals surface area contributed by atoms with Crippen LogP contribution in [0.15, 0.2) is 53.6 Å². The second kappa shape index (κ2) is 8.31. The van der Waals surface area contributed by atoms with E-state index in [1.165, 1.54) is 15.6 Å². The molecule has 3 heterocycles. The first-order valence-electron chi connectivity index (χ1n) is 9.75. The molecule has 162 valence electrons. The van der Waals surface area contributed by atoms with E-state index in [0.29, 0.717) is 28.7 Å². The molecule has 0 saturated heterocycles. The van der Waals surface area contributed by atoms with Crippen molar-refractivity contribution in [3.05, 3.63) is 75.3 Å². The van der Waals surface area contributed by atoms with Gasteiger partial charge >= 0.3 is 0 Å². The quantitative estimate of drug-likeness (QED) is 0.474. The molecule has 0 aliphatic carbocycles. The van der Waals surface area contributed by atoms with E-state index in [2.05, 4.69) is 20.6 Å². The Morgan fingerprint density at radius 2 is 1.88 bits per heavy atom. The van der Waals surface area contributed by atoms with E-state index in [1.54, 1.807) is 24.3 Å². The summed E-state index contributed by atoms with van der Waals surface area (Å²) in [6.45, 7) is 0.682. The molecule has 4 aromatic rings. The van der Waals surface area contributed by atoms with Crippen LogP contribution >= 0.6 is 11.6 Å². The van der Waals surface area contributed by atoms with Crippen molar-refractivity contribution >= 4 is 28.7 Å². The Hall–Kier alpha value is -3.92. The van der Waals surface area contributed by atoms with E-state index in [1.807, 2.05) is 18.2 Å². The highest BCUT2D eigenvalue weighted by Crippen LogP contribution is 2.32. The Morgan fingerprint density at radius 1 is 1.09 bits per heavy atom. The van der Waals surface area contributed by atoms with Crippen molar-refractivity contribution in [3.63, 3.8) is 0 Å². The standard InChI is InChI=1S/C21H17ClN6O4/c22-15-4-1-13(2-5-15)9-28-20-19(25-26-28)21(30)27(11-24-20)10-18(29)23-8-14-3-6-16-17(7-14)32-12-31-16/h1-7,11H,8-10,12H2,(H,23,29). The lowest BCUT2D eigenvalue weighted by atomic mass is 10.2. The maximum absolute atomic E-state index is 12.8. The molecule has 0 radical (unpaired) electrons. The summed E-state index contributed by atoms with van der Waals surface area (Å²) in [6, 6.07) is 12.7. The minimum atomic E-state index is -0.435. The van der Waals surface area contributed by atoms with Gasteiger partial charge in [0.25, 0.3) is 5.56 Å². The number of carbonyl (C=O) groups is 1. The zero-order chi connectivity index (χ0) is 22.1. The predicted octanol–water partition coefficient (Wildman–Crippen LogP) is 1.73. The number of hydrogen-bond acceptors (Lipinski definition) is 7. The molecule has 5 rings (SSSR count). The van der Waals surface area contributed by atoms with Gasteiger partial charge in [0, 0.05) is 11.6 Å². The van der Waals surface area contributed by atoms with Crippen LogP contribution in [0.4, 0.5) is 0 Å². The number of halogens is 1. The maximum atomic E-state index is 12.8. The van der Waals surface area contributed by atoms with E-state index in [9.17, 15) is 9.59 Å². The van der Waals surface area contributed by atoms with E-state index in [0.717, 1.165) is 11.1 Å². The van der Waals surface area contributed by atoms with Gasteiger partial charge in [-0.25, -0.2) is 9.67 Å². The molecule has 1 aliphatic rings. The lowest BCUT2D eigenvalue weighted by Crippen LogP contribution is -2.32. The van der Waals surface area contributed by atoms with Crippen LogP contribution in [0.3, 0.4) is 0 Å². The SMILES string of the molecule is O=C(Cn1cnc2c(nnn2Cc2ccc(Cl)cc2)c1=O)NCc1ccc2c(c1)OCO2. The fourth-order valence-corrected chi connectivity index (χ4v) is 3.46. The summed E-state index contributed by atoms with van der Waals surface area (Å²) >= 11 is 5.91. The van der Waals surface area contributed by atoms with Crippen LogP contribution in [0.2, 0.25) is 5.02 Å². The first-order chi connectivity index (χ1) is 15.6. The van der Waals surface area contributed by atoms with Crippen LogP contribution in [-0.4, -0.2) is 37.2 Å². The van der Waals surface area contributed by atoms with Crippen LogP contribution < -0.4 is 20.3 Å². The number of fused-ring (bicyclic) bond motifs is 2. The Morgan fingerprint density at radius 3 is 2.72 bits per heavy atom. The summed E-state index contributed by atoms with van der Waals surface area (Å²) in [7, 11) is 0. The van der Waals surface area contributed by atoms with Gasteiger partial charge in [0.2, 0.25) is 12.7 Å². The summed E-state index contributed by atoms with van der Waals surface area (Å²) in [6.07, 6.45) is 1.33. The molecule has 11 heteroatoms. The summed E-state index contributed by atoms with van der Waals surface area (Å²) in [5.41, 5.74) is 1.81. The fourth-order valence-electron chi connectivity index (χ4n) is 3.33. The number of hydrogen-bond donors (Lipinski definition) is 1. The van der Waals surface area contributed by atoms with Gasteiger partial charge in [-0.15, -0.1) is 5.10 Å². The number of carbonyl (C=O) groups excluding carboxylic acids is 1. The molecular weight excluding hydrogens is 436 g/mol. The average Bonchev–Trinajstić information content (AvgIpc) is 3.43. The van der Waals surface area contributed by atoms with E-state index < -0.39 is 5.56 Å². The van der Waals surface area contributed by atoms with Crippen molar-refractivity contribution in [2.75, 3.05) is 6.79 Å². The molecule has 0 fully saturated rings. The monoisotopic (exact) mass is 452 g/mol. The van der Waals surface area contributed by atoms with Crippen LogP contribution in [0.1, 0.15) is 11.1 Å². The zero-order valence-electron chi connectivity index (χ0n) is 16.7. The third-order valence-electron chi connectivity index (χ3n) is 4.98. The second-order valence-electron chi connectivity index (χ2n) is 7.19. The Labute approximate surface area is 186 Å². The first-order valence-corrected chi connectivity index (χ1v) is 10.1. The average molecular weight is 453 g/mol. The Balaban J connectivity index is 1.27. The summed E-state index contributed by atoms with van der Waals surface area (Å²) in [4.78, 5) is 29.4. The van der Waals surface area contributed by atoms with Gasteiger partial charge in [0.1, 0.15) is 12.9 Å². The Bertz CT molecular complexity index is 1370. The topological polar surface area (TPSA) is 113 Å². The third kappa shape index (κ3) is 4.00. The van der Waals surface area contributed by atoms with Crippen molar-refractivity contribution < 1.29 is 14.3 Å². The third-order valence-corrected chi connectivity index (χ3v) is 5.23. The first kappa shape index (κ1) is 20.0. The normalized spacial score (nSPS) is 12.3. The number of ether oxygens (including phenoxy) is 2. The second-order valence-corrected chi connectivity index (χ2v) is 7.62. The molecule has 0 atom stereocenters. The van der Waals surface area contributed by atoms with Crippen LogP contribution in [0.25, 0.3) is 11.2 Å². The van der Waals surface area contributed by atoms with Gasteiger partial charge in [-0.1, -0.05) is 35.0 Å². The highest BCUT2D eigenvalue weighted by Gasteiger charge is 2.15. The van der Waals surface area contributed by atoms with Gasteiger partial charge in [-0.05, 0) is 35.4 Å². The number of aromatic nitrogens is 5. The fraction of sp³-hybridized carbons (Fsp3) is 0.190. The van der Waals surface area contributed by atoms with E-state index in [4.69, 9.17) is 21.1 Å². The molecule has 0 saturated carbocycles. The molecular formula is C21H17ClN6O4. The van der Waals surface area contributed by atoms with Gasteiger partial charge in [0.05, 0.1) is 6.54 Å². The number of nitrogens with zero attached hydrogens (tertiary/aromatic N) is 5. The van der Waals surface area contributed by atoms with Gasteiger partial charge < -0.3 is 14.8 Å². The minimum absolute atomic E-state index is 0.102. The van der Waals surface area contributed by atoms with Crippen LogP contribution in [-0.2, 0) is 24.4 Å². The van der Waals surface area contributed by atoms with E-state index in [-0.39, 0.29) is 31.3 Å². The molecule has 10 nitrogen and oxygen atoms in total. The van der Waals surface area contributed by atoms with E-state index >= 15 is 0 Å². The van der Waals surface area contributed by atoms with Crippen molar-refractivity contribution in [1.29, 1.82) is 0 Å². The van der Waals surface area contributed by atoms with Crippen molar-refractivity contribution in [2.45, 2.75) is 19.6 Å². The molecule has 0 bridgehead atoms. The summed E-state index contributed by atoms with van der Waals surface area (Å²) < 4.78 is 13.3. The highest BCUT2D eigenvalue weighted by molar-refractivity contribution is 6.30. The van der Waals surface area contributed by atoms with Crippen LogP contribution in [0, 0.1) is 0 Å². The number of nitrogens with one attached hydrogen (secondary N) is 1. The molecule has 0 unspecified atom stereocenters. The molecule has 2 aromatic heterocycles. The molecule has 1 amide bonds. The zero-order valence-corrected chi connectivity index (χ0v) is 17.5.